The molecule has 210 valence electrons. The topological polar surface area (TPSA) is 91.3 Å². The van der Waals surface area contributed by atoms with E-state index in [0.717, 1.165) is 32.1 Å². The van der Waals surface area contributed by atoms with Gasteiger partial charge < -0.3 is 23.1 Å². The molecule has 0 aliphatic heterocycles. The van der Waals surface area contributed by atoms with Crippen LogP contribution in [0.25, 0.3) is 0 Å². The number of allylic oxidation sites excluding steroid dienone is 2. The summed E-state index contributed by atoms with van der Waals surface area (Å²) in [6.45, 7) is 19.4. The molecule has 0 radical (unpaired) electrons. The van der Waals surface area contributed by atoms with Gasteiger partial charge in [0.2, 0.25) is 0 Å². The first kappa shape index (κ1) is 33.2. The molecule has 0 unspecified atom stereocenters. The Bertz CT molecular complexity index is 723. The number of ether oxygens (including phenoxy) is 1. The molecule has 36 heavy (non-hydrogen) atoms. The molecule has 0 bridgehead atoms. The zero-order valence-corrected chi connectivity index (χ0v) is 27.4. The zero-order chi connectivity index (χ0) is 27.7. The molecule has 0 amide bonds. The molecule has 1 N–H and O–H groups in total. The van der Waals surface area contributed by atoms with Gasteiger partial charge >= 0.3 is 11.9 Å². The minimum atomic E-state index is -1.99. The van der Waals surface area contributed by atoms with E-state index in [1.165, 1.54) is 7.11 Å². The van der Waals surface area contributed by atoms with Crippen molar-refractivity contribution in [2.45, 2.75) is 122 Å². The van der Waals surface area contributed by atoms with E-state index in [2.05, 4.69) is 51.4 Å². The van der Waals surface area contributed by atoms with Crippen LogP contribution in [-0.4, -0.2) is 67.4 Å². The van der Waals surface area contributed by atoms with Crippen LogP contribution in [0.1, 0.15) is 44.9 Å². The van der Waals surface area contributed by atoms with Gasteiger partial charge in [0.15, 0.2) is 25.0 Å². The van der Waals surface area contributed by atoms with Gasteiger partial charge in [-0.25, -0.2) is 4.79 Å². The number of carboxylic acids is 1. The first-order valence-corrected chi connectivity index (χ1v) is 23.6. The minimum absolute atomic E-state index is 0.0667. The van der Waals surface area contributed by atoms with E-state index in [1.807, 2.05) is 19.6 Å². The fourth-order valence-corrected chi connectivity index (χ4v) is 8.31. The Balaban J connectivity index is 3.08. The summed E-state index contributed by atoms with van der Waals surface area (Å²) in [6, 6.07) is 0. The number of hydrogen-bond donors (Lipinski definition) is 1. The molecule has 0 aromatic carbocycles. The highest BCUT2D eigenvalue weighted by Crippen LogP contribution is 2.43. The lowest BCUT2D eigenvalue weighted by atomic mass is 9.86. The third kappa shape index (κ3) is 13.7. The van der Waals surface area contributed by atoms with Crippen LogP contribution in [0, 0.1) is 11.8 Å². The number of carbonyl (C=O) groups is 2. The summed E-state index contributed by atoms with van der Waals surface area (Å²) in [5.41, 5.74) is 0. The summed E-state index contributed by atoms with van der Waals surface area (Å²) in [7, 11) is -4.17. The number of unbranched alkanes of at least 4 members (excludes halogenated alkanes) is 1. The van der Waals surface area contributed by atoms with E-state index >= 15 is 0 Å². The molecule has 1 aliphatic rings. The average molecular weight is 561 g/mol. The molecule has 0 spiro atoms. The number of aliphatic carboxylic acids is 1. The van der Waals surface area contributed by atoms with Crippen LogP contribution in [0.3, 0.4) is 0 Å². The quantitative estimate of drug-likeness (QED) is 0.101. The van der Waals surface area contributed by atoms with Gasteiger partial charge in [-0.3, -0.25) is 4.79 Å². The summed E-state index contributed by atoms with van der Waals surface area (Å²) in [5, 5.41) is 9.82. The monoisotopic (exact) mass is 560 g/mol. The molecule has 5 atom stereocenters. The maximum absolute atomic E-state index is 12.0. The Kier molecular flexibility index (Phi) is 13.3. The average Bonchev–Trinajstić information content (AvgIpc) is 2.98. The first-order valence-electron chi connectivity index (χ1n) is 13.4. The van der Waals surface area contributed by atoms with Gasteiger partial charge in [0.25, 0.3) is 0 Å². The van der Waals surface area contributed by atoms with Crippen molar-refractivity contribution in [3.05, 3.63) is 12.2 Å². The lowest BCUT2D eigenvalue weighted by Crippen LogP contribution is -2.39. The van der Waals surface area contributed by atoms with E-state index in [4.69, 9.17) is 18.0 Å². The molecule has 1 fully saturated rings. The van der Waals surface area contributed by atoms with Gasteiger partial charge in [0, 0.05) is 6.42 Å². The van der Waals surface area contributed by atoms with Crippen molar-refractivity contribution in [1.82, 2.24) is 0 Å². The zero-order valence-electron chi connectivity index (χ0n) is 24.4. The van der Waals surface area contributed by atoms with Gasteiger partial charge in [0.1, 0.15) is 6.10 Å². The van der Waals surface area contributed by atoms with Crippen molar-refractivity contribution >= 4 is 36.9 Å². The molecule has 0 saturated heterocycles. The Morgan fingerprint density at radius 3 is 1.92 bits per heavy atom. The van der Waals surface area contributed by atoms with Crippen LogP contribution in [-0.2, 0) is 27.6 Å². The number of esters is 1. The second-order valence-electron chi connectivity index (χ2n) is 12.9. The van der Waals surface area contributed by atoms with E-state index < -0.39 is 37.0 Å². The Hall–Kier alpha value is -0.789. The summed E-state index contributed by atoms with van der Waals surface area (Å²) in [6.07, 6.45) is 8.69. The second kappa shape index (κ2) is 14.4. The molecular formula is C26H52O7Si3. The molecule has 1 aliphatic carbocycles. The van der Waals surface area contributed by atoms with Gasteiger partial charge in [-0.15, -0.1) is 0 Å². The molecule has 0 heterocycles. The minimum Gasteiger partial charge on any atom is -0.479 e. The van der Waals surface area contributed by atoms with Crippen LogP contribution in [0.2, 0.25) is 58.9 Å². The standard InChI is InChI=1S/C26H52O7Si3/c1-30-25(27)16-14-12-11-13-15-20-21(17-18-22(26(28)29)31-34(2,3)4)24(33-36(8,9)10)19-23(20)32-35(5,6)7/h11,13,20-24H,12,14-19H2,1-10H3,(H,28,29)/b13-11-/t20-,21-,22-,23+,24-/m1/s1. The Labute approximate surface area is 222 Å². The van der Waals surface area contributed by atoms with Crippen molar-refractivity contribution in [1.29, 1.82) is 0 Å². The molecule has 1 rings (SSSR count). The van der Waals surface area contributed by atoms with Crippen LogP contribution in [0.15, 0.2) is 12.2 Å². The maximum atomic E-state index is 12.0. The molecule has 0 aromatic rings. The summed E-state index contributed by atoms with van der Waals surface area (Å²) in [5.74, 6) is -0.584. The molecule has 1 saturated carbocycles. The van der Waals surface area contributed by atoms with Crippen LogP contribution in [0.5, 0.6) is 0 Å². The smallest absolute Gasteiger partial charge is 0.331 e. The summed E-state index contributed by atoms with van der Waals surface area (Å²) in [4.78, 5) is 23.3. The SMILES string of the molecule is COC(=O)CCC/C=C\C[C@@H]1[C@@H](CC[C@@H](O[Si](C)(C)C)C(=O)O)[C@H](O[Si](C)(C)C)C[C@@H]1O[Si](C)(C)C. The molecule has 10 heteroatoms. The molecule has 7 nitrogen and oxygen atoms in total. The largest absolute Gasteiger partial charge is 0.479 e. The first-order chi connectivity index (χ1) is 16.4. The van der Waals surface area contributed by atoms with Crippen LogP contribution in [0.4, 0.5) is 0 Å². The predicted molar refractivity (Wildman–Crippen MR) is 153 cm³/mol. The fourth-order valence-electron chi connectivity index (χ4n) is 4.88. The van der Waals surface area contributed by atoms with E-state index in [1.54, 1.807) is 0 Å². The highest BCUT2D eigenvalue weighted by Gasteiger charge is 2.46. The fraction of sp³-hybridized carbons (Fsp3) is 0.846. The third-order valence-electron chi connectivity index (χ3n) is 6.07. The summed E-state index contributed by atoms with van der Waals surface area (Å²) >= 11 is 0. The number of carbonyl (C=O) groups excluding carboxylic acids is 1. The maximum Gasteiger partial charge on any atom is 0.331 e. The molecular weight excluding hydrogens is 509 g/mol. The van der Waals surface area contributed by atoms with Gasteiger partial charge in [-0.2, -0.15) is 0 Å². The predicted octanol–water partition coefficient (Wildman–Crippen LogP) is 6.44. The second-order valence-corrected chi connectivity index (χ2v) is 26.3. The summed E-state index contributed by atoms with van der Waals surface area (Å²) < 4.78 is 24.1. The van der Waals surface area contributed by atoms with Gasteiger partial charge in [-0.1, -0.05) is 12.2 Å². The number of carboxylic acid groups (broad SMARTS) is 1. The van der Waals surface area contributed by atoms with Crippen molar-refractivity contribution < 1.29 is 32.7 Å². The lowest BCUT2D eigenvalue weighted by Gasteiger charge is -2.32. The third-order valence-corrected chi connectivity index (χ3v) is 9.08. The number of hydrogen-bond acceptors (Lipinski definition) is 6. The van der Waals surface area contributed by atoms with Crippen molar-refractivity contribution in [2.75, 3.05) is 7.11 Å². The lowest BCUT2D eigenvalue weighted by molar-refractivity contribution is -0.146. The van der Waals surface area contributed by atoms with Gasteiger partial charge in [-0.05, 0) is 109 Å². The van der Waals surface area contributed by atoms with Crippen molar-refractivity contribution in [2.24, 2.45) is 11.8 Å². The highest BCUT2D eigenvalue weighted by atomic mass is 28.4. The number of methoxy groups -OCH3 is 1. The highest BCUT2D eigenvalue weighted by molar-refractivity contribution is 6.70. The van der Waals surface area contributed by atoms with Crippen molar-refractivity contribution in [3.8, 4) is 0 Å². The van der Waals surface area contributed by atoms with Crippen molar-refractivity contribution in [3.63, 3.8) is 0 Å². The van der Waals surface area contributed by atoms with E-state index in [-0.39, 0.29) is 30.0 Å². The normalized spacial score (nSPS) is 24.3. The van der Waals surface area contributed by atoms with E-state index in [0.29, 0.717) is 12.8 Å². The molecule has 0 aromatic heterocycles. The van der Waals surface area contributed by atoms with Gasteiger partial charge in [0.05, 0.1) is 19.3 Å². The van der Waals surface area contributed by atoms with E-state index in [9.17, 15) is 14.7 Å². The Morgan fingerprint density at radius 1 is 0.889 bits per heavy atom. The number of rotatable bonds is 16. The Morgan fingerprint density at radius 2 is 1.44 bits per heavy atom. The van der Waals surface area contributed by atoms with Crippen LogP contribution < -0.4 is 0 Å². The van der Waals surface area contributed by atoms with Crippen LogP contribution >= 0.6 is 0 Å².